The number of halogens is 2. The molecule has 2 nitrogen and oxygen atoms in total. The van der Waals surface area contributed by atoms with Crippen LogP contribution in [0, 0.1) is 38.6 Å². The molecule has 0 amide bonds. The molecule has 228 valence electrons. The average molecular weight is 760 g/mol. The van der Waals surface area contributed by atoms with Crippen molar-refractivity contribution in [1.82, 2.24) is 0 Å². The third-order valence-electron chi connectivity index (χ3n) is 9.38. The molecule has 0 heterocycles. The minimum absolute atomic E-state index is 0.0190. The SMILES string of the molecule is BrCc1ccccc1I.CC(=N)C1(Cc2ccccc2C)CCc2ccccc2CC1.N#CC1CCc2ccccc2CC1. The lowest BCUT2D eigenvalue weighted by Gasteiger charge is -2.33. The van der Waals surface area contributed by atoms with E-state index in [1.807, 2.05) is 13.0 Å². The fourth-order valence-corrected chi connectivity index (χ4v) is 7.95. The number of benzene rings is 4. The Morgan fingerprint density at radius 3 is 1.66 bits per heavy atom. The summed E-state index contributed by atoms with van der Waals surface area (Å²) < 4.78 is 1.33. The number of hydrogen-bond donors (Lipinski definition) is 1. The fourth-order valence-electron chi connectivity index (χ4n) is 6.36. The highest BCUT2D eigenvalue weighted by atomic mass is 127. The molecular weight excluding hydrogens is 715 g/mol. The Hall–Kier alpha value is -2.75. The Morgan fingerprint density at radius 2 is 1.23 bits per heavy atom. The van der Waals surface area contributed by atoms with Crippen molar-refractivity contribution in [3.63, 3.8) is 0 Å². The summed E-state index contributed by atoms with van der Waals surface area (Å²) in [7, 11) is 0. The number of alkyl halides is 1. The Bertz CT molecular complexity index is 1520. The van der Waals surface area contributed by atoms with Crippen molar-refractivity contribution in [2.75, 3.05) is 0 Å². The Labute approximate surface area is 287 Å². The highest BCUT2D eigenvalue weighted by Gasteiger charge is 2.34. The van der Waals surface area contributed by atoms with E-state index in [9.17, 15) is 0 Å². The van der Waals surface area contributed by atoms with Crippen LogP contribution in [0.5, 0.6) is 0 Å². The standard InChI is InChI=1S/C21H25N.C12H13N.C7H6BrI/c1-16-7-3-4-10-20(16)15-21(17(2)22)13-11-18-8-5-6-9-19(18)12-14-21;13-9-10-5-7-11-3-1-2-4-12(11)8-6-10;8-5-6-3-1-2-4-7(6)9/h3-10,22H,11-15H2,1-2H3;1-4,10H,5-8H2;1-4H,5H2. The van der Waals surface area contributed by atoms with E-state index in [0.717, 1.165) is 68.8 Å². The molecule has 2 aliphatic rings. The fraction of sp³-hybridized carbons (Fsp3) is 0.350. The number of aryl methyl sites for hydroxylation is 5. The van der Waals surface area contributed by atoms with Gasteiger partial charge in [-0.05, 0) is 139 Å². The van der Waals surface area contributed by atoms with Crippen molar-refractivity contribution >= 4 is 44.2 Å². The maximum atomic E-state index is 8.85. The predicted molar refractivity (Wildman–Crippen MR) is 198 cm³/mol. The van der Waals surface area contributed by atoms with Crippen molar-refractivity contribution < 1.29 is 0 Å². The number of rotatable bonds is 4. The van der Waals surface area contributed by atoms with Gasteiger partial charge in [-0.25, -0.2) is 0 Å². The molecule has 0 saturated carbocycles. The van der Waals surface area contributed by atoms with Gasteiger partial charge >= 0.3 is 0 Å². The molecular formula is C40H44BrIN2. The minimum atomic E-state index is 0.0190. The molecule has 0 saturated heterocycles. The van der Waals surface area contributed by atoms with Gasteiger partial charge in [0, 0.05) is 25.9 Å². The Balaban J connectivity index is 0.000000169. The molecule has 44 heavy (non-hydrogen) atoms. The lowest BCUT2D eigenvalue weighted by Crippen LogP contribution is -2.32. The summed E-state index contributed by atoms with van der Waals surface area (Å²) in [6.45, 7) is 4.20. The first-order chi connectivity index (χ1) is 21.3. The zero-order valence-electron chi connectivity index (χ0n) is 26.1. The van der Waals surface area contributed by atoms with Crippen molar-refractivity contribution in [2.45, 2.75) is 77.0 Å². The summed E-state index contributed by atoms with van der Waals surface area (Å²) in [5.41, 5.74) is 10.8. The van der Waals surface area contributed by atoms with Gasteiger partial charge in [-0.1, -0.05) is 107 Å². The Morgan fingerprint density at radius 1 is 0.773 bits per heavy atom. The first kappa shape index (κ1) is 34.1. The predicted octanol–water partition coefficient (Wildman–Crippen LogP) is 11.0. The molecule has 2 aliphatic carbocycles. The number of nitriles is 1. The summed E-state index contributed by atoms with van der Waals surface area (Å²) in [6.07, 6.45) is 9.60. The van der Waals surface area contributed by atoms with Crippen LogP contribution in [-0.4, -0.2) is 5.71 Å². The van der Waals surface area contributed by atoms with E-state index in [-0.39, 0.29) is 11.3 Å². The molecule has 0 spiro atoms. The van der Waals surface area contributed by atoms with E-state index in [2.05, 4.69) is 143 Å². The van der Waals surface area contributed by atoms with E-state index in [1.54, 1.807) is 0 Å². The first-order valence-electron chi connectivity index (χ1n) is 15.8. The lowest BCUT2D eigenvalue weighted by atomic mass is 9.71. The van der Waals surface area contributed by atoms with E-state index in [0.29, 0.717) is 0 Å². The van der Waals surface area contributed by atoms with E-state index in [1.165, 1.54) is 42.5 Å². The topological polar surface area (TPSA) is 47.6 Å². The Kier molecular flexibility index (Phi) is 13.2. The van der Waals surface area contributed by atoms with Gasteiger partial charge in [0.15, 0.2) is 0 Å². The van der Waals surface area contributed by atoms with Gasteiger partial charge in [0.05, 0.1) is 6.07 Å². The van der Waals surface area contributed by atoms with E-state index < -0.39 is 0 Å². The largest absolute Gasteiger partial charge is 0.309 e. The van der Waals surface area contributed by atoms with Crippen LogP contribution < -0.4 is 0 Å². The van der Waals surface area contributed by atoms with Gasteiger partial charge < -0.3 is 5.41 Å². The maximum absolute atomic E-state index is 8.85. The molecule has 0 aromatic heterocycles. The summed E-state index contributed by atoms with van der Waals surface area (Å²) in [4.78, 5) is 0. The second-order valence-corrected chi connectivity index (χ2v) is 13.9. The molecule has 1 N–H and O–H groups in total. The highest BCUT2D eigenvalue weighted by Crippen LogP contribution is 2.39. The number of hydrogen-bond acceptors (Lipinski definition) is 2. The maximum Gasteiger partial charge on any atom is 0.0656 e. The van der Waals surface area contributed by atoms with E-state index in [4.69, 9.17) is 10.7 Å². The summed E-state index contributed by atoms with van der Waals surface area (Å²) >= 11 is 5.73. The van der Waals surface area contributed by atoms with E-state index >= 15 is 0 Å². The number of nitrogens with one attached hydrogen (secondary N) is 1. The van der Waals surface area contributed by atoms with Crippen LogP contribution in [0.15, 0.2) is 97.1 Å². The van der Waals surface area contributed by atoms with Crippen LogP contribution in [0.2, 0.25) is 0 Å². The molecule has 0 aliphatic heterocycles. The minimum Gasteiger partial charge on any atom is -0.309 e. The molecule has 0 bridgehead atoms. The van der Waals surface area contributed by atoms with Crippen LogP contribution >= 0.6 is 38.5 Å². The molecule has 6 rings (SSSR count). The van der Waals surface area contributed by atoms with Crippen LogP contribution in [0.4, 0.5) is 0 Å². The molecule has 4 aromatic rings. The summed E-state index contributed by atoms with van der Waals surface area (Å²) in [6, 6.07) is 36.7. The average Bonchev–Trinajstić information content (AvgIpc) is 3.38. The van der Waals surface area contributed by atoms with Crippen LogP contribution in [-0.2, 0) is 37.4 Å². The monoisotopic (exact) mass is 758 g/mol. The zero-order valence-corrected chi connectivity index (χ0v) is 29.8. The summed E-state index contributed by atoms with van der Waals surface area (Å²) in [5, 5.41) is 18.3. The van der Waals surface area contributed by atoms with Crippen LogP contribution in [0.1, 0.15) is 71.6 Å². The molecule has 0 fully saturated rings. The highest BCUT2D eigenvalue weighted by molar-refractivity contribution is 14.1. The molecule has 4 aromatic carbocycles. The molecule has 0 unspecified atom stereocenters. The number of fused-ring (bicyclic) bond motifs is 2. The third-order valence-corrected chi connectivity index (χ3v) is 11.0. The lowest BCUT2D eigenvalue weighted by molar-refractivity contribution is 0.359. The van der Waals surface area contributed by atoms with Gasteiger partial charge in [0.1, 0.15) is 0 Å². The number of nitrogens with zero attached hydrogens (tertiary/aromatic N) is 1. The third kappa shape index (κ3) is 9.38. The normalized spacial score (nSPS) is 15.3. The molecule has 0 atom stereocenters. The van der Waals surface area contributed by atoms with Gasteiger partial charge in [-0.2, -0.15) is 5.26 Å². The molecule has 0 radical (unpaired) electrons. The van der Waals surface area contributed by atoms with Gasteiger partial charge in [-0.3, -0.25) is 0 Å². The van der Waals surface area contributed by atoms with Gasteiger partial charge in [0.25, 0.3) is 0 Å². The zero-order chi connectivity index (χ0) is 31.4. The molecule has 4 heteroatoms. The van der Waals surface area contributed by atoms with Gasteiger partial charge in [0.2, 0.25) is 0 Å². The summed E-state index contributed by atoms with van der Waals surface area (Å²) in [5.74, 6) is 0.271. The first-order valence-corrected chi connectivity index (χ1v) is 18.0. The quantitative estimate of drug-likeness (QED) is 0.0958. The van der Waals surface area contributed by atoms with Crippen LogP contribution in [0.25, 0.3) is 0 Å². The van der Waals surface area contributed by atoms with Crippen LogP contribution in [0.3, 0.4) is 0 Å². The smallest absolute Gasteiger partial charge is 0.0656 e. The second-order valence-electron chi connectivity index (χ2n) is 12.2. The van der Waals surface area contributed by atoms with Gasteiger partial charge in [-0.15, -0.1) is 0 Å². The van der Waals surface area contributed by atoms with Crippen molar-refractivity contribution in [2.24, 2.45) is 11.3 Å². The van der Waals surface area contributed by atoms with Crippen molar-refractivity contribution in [3.8, 4) is 6.07 Å². The van der Waals surface area contributed by atoms with Crippen molar-refractivity contribution in [3.05, 3.63) is 140 Å². The van der Waals surface area contributed by atoms with Crippen molar-refractivity contribution in [1.29, 1.82) is 10.7 Å². The second kappa shape index (κ2) is 17.1.